The van der Waals surface area contributed by atoms with Gasteiger partial charge in [-0.3, -0.25) is 14.9 Å². The van der Waals surface area contributed by atoms with Crippen LogP contribution in [0, 0.1) is 0 Å². The van der Waals surface area contributed by atoms with Gasteiger partial charge in [-0.25, -0.2) is 0 Å². The Morgan fingerprint density at radius 2 is 2.13 bits per heavy atom. The number of nitrogens with one attached hydrogen (secondary N) is 1. The van der Waals surface area contributed by atoms with Crippen LogP contribution in [0.25, 0.3) is 6.08 Å². The number of hydrogen-bond donors (Lipinski definition) is 1. The molecule has 0 saturated carbocycles. The fraction of sp³-hybridized carbons (Fsp3) is 0.333. The second-order valence-electron chi connectivity index (χ2n) is 5.38. The fourth-order valence-electron chi connectivity index (χ4n) is 2.10. The van der Waals surface area contributed by atoms with E-state index in [0.717, 1.165) is 24.8 Å². The molecule has 1 aliphatic rings. The van der Waals surface area contributed by atoms with Crippen LogP contribution in [0.3, 0.4) is 0 Å². The van der Waals surface area contributed by atoms with Gasteiger partial charge in [0.15, 0.2) is 6.29 Å². The minimum Gasteiger partial charge on any atom is -0.464 e. The summed E-state index contributed by atoms with van der Waals surface area (Å²) in [5.41, 5.74) is 1.03. The SMILES string of the molecule is C=C(C)C(=O)NC(=O)/C=C/c1ccccc1OC1CCCCO1. The summed E-state index contributed by atoms with van der Waals surface area (Å²) < 4.78 is 11.4. The third-order valence-electron chi connectivity index (χ3n) is 3.35. The average molecular weight is 315 g/mol. The molecule has 5 heteroatoms. The topological polar surface area (TPSA) is 64.6 Å². The van der Waals surface area contributed by atoms with Gasteiger partial charge < -0.3 is 9.47 Å². The lowest BCUT2D eigenvalue weighted by Crippen LogP contribution is -2.29. The minimum atomic E-state index is -0.498. The van der Waals surface area contributed by atoms with Gasteiger partial charge in [0.1, 0.15) is 5.75 Å². The Balaban J connectivity index is 2.01. The molecule has 1 fully saturated rings. The van der Waals surface area contributed by atoms with Crippen LogP contribution in [0.4, 0.5) is 0 Å². The van der Waals surface area contributed by atoms with E-state index < -0.39 is 11.8 Å². The molecule has 0 radical (unpaired) electrons. The van der Waals surface area contributed by atoms with Crippen molar-refractivity contribution in [3.05, 3.63) is 48.1 Å². The summed E-state index contributed by atoms with van der Waals surface area (Å²) in [4.78, 5) is 23.1. The molecular formula is C18H21NO4. The fourth-order valence-corrected chi connectivity index (χ4v) is 2.10. The molecule has 1 aliphatic heterocycles. The van der Waals surface area contributed by atoms with Crippen LogP contribution in [-0.2, 0) is 14.3 Å². The van der Waals surface area contributed by atoms with Crippen LogP contribution in [0.5, 0.6) is 5.75 Å². The predicted octanol–water partition coefficient (Wildman–Crippen LogP) is 2.82. The number of hydrogen-bond acceptors (Lipinski definition) is 4. The maximum absolute atomic E-state index is 11.7. The molecule has 1 atom stereocenters. The Bertz CT molecular complexity index is 615. The molecule has 23 heavy (non-hydrogen) atoms. The smallest absolute Gasteiger partial charge is 0.253 e. The van der Waals surface area contributed by atoms with E-state index in [1.54, 1.807) is 13.0 Å². The van der Waals surface area contributed by atoms with Crippen molar-refractivity contribution < 1.29 is 19.1 Å². The highest BCUT2D eigenvalue weighted by Gasteiger charge is 2.16. The molecule has 1 heterocycles. The summed E-state index contributed by atoms with van der Waals surface area (Å²) in [6.45, 7) is 5.73. The van der Waals surface area contributed by atoms with E-state index in [9.17, 15) is 9.59 Å². The monoisotopic (exact) mass is 315 g/mol. The Morgan fingerprint density at radius 1 is 1.35 bits per heavy atom. The number of rotatable bonds is 5. The third kappa shape index (κ3) is 5.38. The molecule has 1 aromatic rings. The molecule has 0 aromatic heterocycles. The highest BCUT2D eigenvalue weighted by Crippen LogP contribution is 2.24. The van der Waals surface area contributed by atoms with E-state index in [4.69, 9.17) is 9.47 Å². The molecule has 0 aliphatic carbocycles. The van der Waals surface area contributed by atoms with E-state index in [1.165, 1.54) is 6.08 Å². The Hall–Kier alpha value is -2.40. The lowest BCUT2D eigenvalue weighted by Gasteiger charge is -2.24. The quantitative estimate of drug-likeness (QED) is 0.849. The average Bonchev–Trinajstić information content (AvgIpc) is 2.55. The van der Waals surface area contributed by atoms with Crippen molar-refractivity contribution in [2.45, 2.75) is 32.5 Å². The molecule has 5 nitrogen and oxygen atoms in total. The van der Waals surface area contributed by atoms with Crippen LogP contribution in [0.15, 0.2) is 42.5 Å². The van der Waals surface area contributed by atoms with Crippen LogP contribution in [-0.4, -0.2) is 24.7 Å². The van der Waals surface area contributed by atoms with Crippen molar-refractivity contribution in [1.29, 1.82) is 0 Å². The zero-order chi connectivity index (χ0) is 16.7. The molecule has 122 valence electrons. The molecular weight excluding hydrogens is 294 g/mol. The molecule has 2 rings (SSSR count). The summed E-state index contributed by atoms with van der Waals surface area (Å²) in [5, 5.41) is 2.22. The van der Waals surface area contributed by atoms with Crippen LogP contribution in [0.1, 0.15) is 31.7 Å². The standard InChI is InChI=1S/C18H21NO4/c1-13(2)18(21)19-16(20)11-10-14-7-3-4-8-15(14)23-17-9-5-6-12-22-17/h3-4,7-8,10-11,17H,1,5-6,9,12H2,2H3,(H,19,20,21)/b11-10+. The van der Waals surface area contributed by atoms with E-state index in [2.05, 4.69) is 11.9 Å². The van der Waals surface area contributed by atoms with Gasteiger partial charge in [0.2, 0.25) is 0 Å². The number of carbonyl (C=O) groups excluding carboxylic acids is 2. The van der Waals surface area contributed by atoms with E-state index in [-0.39, 0.29) is 11.9 Å². The number of ether oxygens (including phenoxy) is 2. The van der Waals surface area contributed by atoms with Crippen molar-refractivity contribution in [3.63, 3.8) is 0 Å². The van der Waals surface area contributed by atoms with Gasteiger partial charge in [-0.2, -0.15) is 0 Å². The van der Waals surface area contributed by atoms with Crippen molar-refractivity contribution in [3.8, 4) is 5.75 Å². The van der Waals surface area contributed by atoms with Crippen molar-refractivity contribution in [1.82, 2.24) is 5.32 Å². The van der Waals surface area contributed by atoms with Gasteiger partial charge in [0.25, 0.3) is 11.8 Å². The maximum Gasteiger partial charge on any atom is 0.253 e. The van der Waals surface area contributed by atoms with E-state index in [0.29, 0.717) is 12.4 Å². The maximum atomic E-state index is 11.7. The highest BCUT2D eigenvalue weighted by molar-refractivity contribution is 6.08. The van der Waals surface area contributed by atoms with Crippen molar-refractivity contribution in [2.75, 3.05) is 6.61 Å². The van der Waals surface area contributed by atoms with Crippen LogP contribution < -0.4 is 10.1 Å². The third-order valence-corrected chi connectivity index (χ3v) is 3.35. The van der Waals surface area contributed by atoms with Crippen molar-refractivity contribution in [2.24, 2.45) is 0 Å². The van der Waals surface area contributed by atoms with Gasteiger partial charge in [0, 0.05) is 23.6 Å². The number of amides is 2. The number of para-hydroxylation sites is 1. The lowest BCUT2D eigenvalue weighted by atomic mass is 10.1. The molecule has 1 unspecified atom stereocenters. The van der Waals surface area contributed by atoms with E-state index in [1.807, 2.05) is 24.3 Å². The Kier molecular flexibility index (Phi) is 6.11. The van der Waals surface area contributed by atoms with Gasteiger partial charge in [0.05, 0.1) is 6.61 Å². The normalized spacial score (nSPS) is 17.7. The summed E-state index contributed by atoms with van der Waals surface area (Å²) in [6, 6.07) is 7.38. The summed E-state index contributed by atoms with van der Waals surface area (Å²) >= 11 is 0. The summed E-state index contributed by atoms with van der Waals surface area (Å²) in [6.07, 6.45) is 5.64. The second kappa shape index (κ2) is 8.29. The second-order valence-corrected chi connectivity index (χ2v) is 5.38. The predicted molar refractivity (Wildman–Crippen MR) is 87.7 cm³/mol. The molecule has 1 aromatic carbocycles. The van der Waals surface area contributed by atoms with Crippen LogP contribution in [0.2, 0.25) is 0 Å². The first-order valence-corrected chi connectivity index (χ1v) is 7.62. The first-order valence-electron chi connectivity index (χ1n) is 7.62. The Labute approximate surface area is 136 Å². The summed E-state index contributed by atoms with van der Waals surface area (Å²) in [7, 11) is 0. The molecule has 0 spiro atoms. The summed E-state index contributed by atoms with van der Waals surface area (Å²) in [5.74, 6) is -0.337. The van der Waals surface area contributed by atoms with Crippen LogP contribution >= 0.6 is 0 Å². The zero-order valence-corrected chi connectivity index (χ0v) is 13.2. The zero-order valence-electron chi connectivity index (χ0n) is 13.2. The highest BCUT2D eigenvalue weighted by atomic mass is 16.7. The first kappa shape index (κ1) is 17.0. The molecule has 0 bridgehead atoms. The van der Waals surface area contributed by atoms with Gasteiger partial charge in [-0.15, -0.1) is 0 Å². The largest absolute Gasteiger partial charge is 0.464 e. The van der Waals surface area contributed by atoms with E-state index >= 15 is 0 Å². The lowest BCUT2D eigenvalue weighted by molar-refractivity contribution is -0.125. The Morgan fingerprint density at radius 3 is 2.83 bits per heavy atom. The van der Waals surface area contributed by atoms with Gasteiger partial charge in [-0.1, -0.05) is 24.8 Å². The molecule has 1 N–H and O–H groups in total. The first-order chi connectivity index (χ1) is 11.1. The number of benzene rings is 1. The minimum absolute atomic E-state index is 0.253. The number of imide groups is 1. The van der Waals surface area contributed by atoms with Gasteiger partial charge in [-0.05, 0) is 31.9 Å². The number of carbonyl (C=O) groups is 2. The van der Waals surface area contributed by atoms with Gasteiger partial charge >= 0.3 is 0 Å². The molecule has 1 saturated heterocycles. The van der Waals surface area contributed by atoms with Crippen molar-refractivity contribution >= 4 is 17.9 Å². The molecule has 2 amide bonds.